The fourth-order valence-electron chi connectivity index (χ4n) is 1.87. The summed E-state index contributed by atoms with van der Waals surface area (Å²) < 4.78 is 4.23. The number of halogens is 1. The van der Waals surface area contributed by atoms with Crippen LogP contribution in [0.4, 0.5) is 0 Å². The molecule has 0 saturated carbocycles. The molecule has 3 rings (SSSR count). The van der Waals surface area contributed by atoms with Crippen LogP contribution in [-0.2, 0) is 13.6 Å². The topological polar surface area (TPSA) is 52.7 Å². The molecule has 0 atom stereocenters. The molecule has 0 fully saturated rings. The third kappa shape index (κ3) is 2.17. The molecule has 0 saturated heterocycles. The van der Waals surface area contributed by atoms with E-state index in [-0.39, 0.29) is 5.56 Å². The van der Waals surface area contributed by atoms with Crippen LogP contribution in [0, 0.1) is 6.92 Å². The van der Waals surface area contributed by atoms with Crippen LogP contribution in [0.15, 0.2) is 23.0 Å². The van der Waals surface area contributed by atoms with Crippen LogP contribution in [0.2, 0.25) is 5.02 Å². The van der Waals surface area contributed by atoms with Gasteiger partial charge in [0.25, 0.3) is 5.56 Å². The van der Waals surface area contributed by atoms with Gasteiger partial charge in [-0.2, -0.15) is 5.10 Å². The fourth-order valence-corrected chi connectivity index (χ4v) is 3.14. The van der Waals surface area contributed by atoms with E-state index in [1.807, 2.05) is 14.0 Å². The van der Waals surface area contributed by atoms with Gasteiger partial charge in [0, 0.05) is 12.1 Å². The lowest BCUT2D eigenvalue weighted by Gasteiger charge is -1.93. The van der Waals surface area contributed by atoms with Gasteiger partial charge < -0.3 is 0 Å². The number of aryl methyl sites for hydroxylation is 2. The second-order valence-electron chi connectivity index (χ2n) is 4.27. The van der Waals surface area contributed by atoms with E-state index in [9.17, 15) is 4.79 Å². The Bertz CT molecular complexity index is 797. The van der Waals surface area contributed by atoms with Crippen LogP contribution in [0.3, 0.4) is 0 Å². The van der Waals surface area contributed by atoms with Crippen molar-refractivity contribution in [2.45, 2.75) is 13.5 Å². The highest BCUT2D eigenvalue weighted by Gasteiger charge is 2.11. The molecule has 98 valence electrons. The van der Waals surface area contributed by atoms with Crippen molar-refractivity contribution in [2.75, 3.05) is 0 Å². The molecule has 0 aliphatic carbocycles. The largest absolute Gasteiger partial charge is 0.268 e. The minimum absolute atomic E-state index is 0.0261. The molecule has 2 aromatic heterocycles. The van der Waals surface area contributed by atoms with Crippen LogP contribution in [0.1, 0.15) is 11.6 Å². The molecule has 5 nitrogen and oxygen atoms in total. The summed E-state index contributed by atoms with van der Waals surface area (Å²) in [7, 11) is 1.83. The summed E-state index contributed by atoms with van der Waals surface area (Å²) in [6, 6.07) is 5.28. The van der Waals surface area contributed by atoms with Gasteiger partial charge in [-0.1, -0.05) is 23.1 Å². The average Bonchev–Trinajstić information content (AvgIpc) is 2.81. The van der Waals surface area contributed by atoms with Gasteiger partial charge in [-0.3, -0.25) is 13.4 Å². The van der Waals surface area contributed by atoms with Crippen LogP contribution < -0.4 is 5.56 Å². The third-order valence-electron chi connectivity index (χ3n) is 2.92. The summed E-state index contributed by atoms with van der Waals surface area (Å²) in [6.45, 7) is 2.27. The molecule has 7 heteroatoms. The maximum atomic E-state index is 12.2. The summed E-state index contributed by atoms with van der Waals surface area (Å²) in [4.78, 5) is 16.5. The van der Waals surface area contributed by atoms with E-state index in [1.54, 1.807) is 26.8 Å². The van der Waals surface area contributed by atoms with Crippen molar-refractivity contribution < 1.29 is 0 Å². The first-order valence-electron chi connectivity index (χ1n) is 5.70. The monoisotopic (exact) mass is 294 g/mol. The summed E-state index contributed by atoms with van der Waals surface area (Å²) >= 11 is 7.31. The van der Waals surface area contributed by atoms with Crippen LogP contribution in [0.25, 0.3) is 10.1 Å². The lowest BCUT2D eigenvalue weighted by molar-refractivity contribution is 0.705. The van der Waals surface area contributed by atoms with Gasteiger partial charge in [-0.05, 0) is 25.1 Å². The van der Waals surface area contributed by atoms with Crippen molar-refractivity contribution in [3.8, 4) is 0 Å². The van der Waals surface area contributed by atoms with E-state index in [4.69, 9.17) is 11.6 Å². The van der Waals surface area contributed by atoms with E-state index in [0.717, 1.165) is 10.5 Å². The minimum Gasteiger partial charge on any atom is -0.268 e. The molecule has 0 aliphatic heterocycles. The smallest absolute Gasteiger partial charge is 0.268 e. The second-order valence-corrected chi connectivity index (χ2v) is 5.77. The molecule has 1 aromatic carbocycles. The predicted molar refractivity (Wildman–Crippen MR) is 75.9 cm³/mol. The highest BCUT2D eigenvalue weighted by Crippen LogP contribution is 2.21. The molecule has 0 unspecified atom stereocenters. The Balaban J connectivity index is 2.06. The van der Waals surface area contributed by atoms with E-state index in [0.29, 0.717) is 22.8 Å². The Morgan fingerprint density at radius 2 is 2.21 bits per heavy atom. The summed E-state index contributed by atoms with van der Waals surface area (Å²) in [5, 5.41) is 5.58. The lowest BCUT2D eigenvalue weighted by atomic mass is 10.3. The van der Waals surface area contributed by atoms with Crippen molar-refractivity contribution in [3.63, 3.8) is 0 Å². The number of nitrogens with zero attached hydrogens (tertiary/aromatic N) is 4. The van der Waals surface area contributed by atoms with Crippen molar-refractivity contribution >= 4 is 33.2 Å². The molecule has 0 bridgehead atoms. The normalized spacial score (nSPS) is 11.3. The Kier molecular flexibility index (Phi) is 2.91. The molecule has 2 heterocycles. The molecule has 3 aromatic rings. The molecule has 0 N–H and O–H groups in total. The van der Waals surface area contributed by atoms with Crippen molar-refractivity contribution in [3.05, 3.63) is 45.2 Å². The SMILES string of the molecule is Cc1nc(Cn2sc3cc(Cl)ccc3c2=O)nn1C. The number of aromatic nitrogens is 4. The van der Waals surface area contributed by atoms with Gasteiger partial charge in [-0.25, -0.2) is 4.98 Å². The first-order chi connectivity index (χ1) is 9.04. The summed E-state index contributed by atoms with van der Waals surface area (Å²) in [5.41, 5.74) is -0.0261. The number of fused-ring (bicyclic) bond motifs is 1. The third-order valence-corrected chi connectivity index (χ3v) is 4.20. The predicted octanol–water partition coefficient (Wildman–Crippen LogP) is 2.20. The van der Waals surface area contributed by atoms with E-state index in [1.165, 1.54) is 11.5 Å². The summed E-state index contributed by atoms with van der Waals surface area (Å²) in [5.74, 6) is 1.46. The number of hydrogen-bond acceptors (Lipinski definition) is 4. The molecular weight excluding hydrogens is 284 g/mol. The Labute approximate surface area is 118 Å². The van der Waals surface area contributed by atoms with Gasteiger partial charge in [0.15, 0.2) is 5.82 Å². The molecular formula is C12H11ClN4OS. The van der Waals surface area contributed by atoms with Crippen LogP contribution in [0.5, 0.6) is 0 Å². The van der Waals surface area contributed by atoms with Crippen molar-refractivity contribution in [1.82, 2.24) is 18.7 Å². The van der Waals surface area contributed by atoms with Gasteiger partial charge in [0.2, 0.25) is 0 Å². The lowest BCUT2D eigenvalue weighted by Crippen LogP contribution is -2.14. The zero-order valence-corrected chi connectivity index (χ0v) is 12.0. The van der Waals surface area contributed by atoms with Gasteiger partial charge in [0.1, 0.15) is 5.82 Å². The number of benzene rings is 1. The summed E-state index contributed by atoms with van der Waals surface area (Å²) in [6.07, 6.45) is 0. The van der Waals surface area contributed by atoms with Crippen molar-refractivity contribution in [2.24, 2.45) is 7.05 Å². The number of hydrogen-bond donors (Lipinski definition) is 0. The van der Waals surface area contributed by atoms with Crippen molar-refractivity contribution in [1.29, 1.82) is 0 Å². The highest BCUT2D eigenvalue weighted by molar-refractivity contribution is 7.13. The zero-order chi connectivity index (χ0) is 13.6. The maximum absolute atomic E-state index is 12.2. The average molecular weight is 295 g/mol. The van der Waals surface area contributed by atoms with Crippen LogP contribution in [-0.4, -0.2) is 18.7 Å². The molecule has 0 amide bonds. The maximum Gasteiger partial charge on any atom is 0.268 e. The van der Waals surface area contributed by atoms with Gasteiger partial charge in [-0.15, -0.1) is 0 Å². The highest BCUT2D eigenvalue weighted by atomic mass is 35.5. The molecule has 19 heavy (non-hydrogen) atoms. The Morgan fingerprint density at radius 3 is 2.89 bits per heavy atom. The fraction of sp³-hybridized carbons (Fsp3) is 0.250. The Morgan fingerprint density at radius 1 is 1.42 bits per heavy atom. The quantitative estimate of drug-likeness (QED) is 0.728. The van der Waals surface area contributed by atoms with Gasteiger partial charge in [0.05, 0.1) is 16.6 Å². The molecule has 0 aliphatic rings. The minimum atomic E-state index is -0.0261. The Hall–Kier alpha value is -1.66. The second kappa shape index (κ2) is 4.47. The first kappa shape index (κ1) is 12.4. The standard InChI is InChI=1S/C12H11ClN4OS/c1-7-14-11(15-16(7)2)6-17-12(18)9-4-3-8(13)5-10(9)19-17/h3-5H,6H2,1-2H3. The zero-order valence-electron chi connectivity index (χ0n) is 10.4. The van der Waals surface area contributed by atoms with Crippen LogP contribution >= 0.6 is 23.1 Å². The number of rotatable bonds is 2. The van der Waals surface area contributed by atoms with Gasteiger partial charge >= 0.3 is 0 Å². The molecule has 0 spiro atoms. The first-order valence-corrected chi connectivity index (χ1v) is 6.85. The van der Waals surface area contributed by atoms with E-state index in [2.05, 4.69) is 10.1 Å². The molecule has 0 radical (unpaired) electrons. The van der Waals surface area contributed by atoms with E-state index >= 15 is 0 Å². The van der Waals surface area contributed by atoms with E-state index < -0.39 is 0 Å².